The van der Waals surface area contributed by atoms with Gasteiger partial charge in [-0.05, 0) is 36.2 Å². The van der Waals surface area contributed by atoms with Gasteiger partial charge in [-0.15, -0.1) is 0 Å². The van der Waals surface area contributed by atoms with Crippen molar-refractivity contribution in [1.82, 2.24) is 4.98 Å². The fraction of sp³-hybridized carbons (Fsp3) is 0.133. The zero-order chi connectivity index (χ0) is 14.7. The predicted octanol–water partition coefficient (Wildman–Crippen LogP) is 3.31. The summed E-state index contributed by atoms with van der Waals surface area (Å²) in [6, 6.07) is 6.56. The number of carboxylic acid groups (broad SMARTS) is 1. The smallest absolute Gasteiger partial charge is 0.336 e. The third-order valence-corrected chi connectivity index (χ3v) is 2.93. The normalized spacial score (nSPS) is 9.85. The van der Waals surface area contributed by atoms with Gasteiger partial charge in [0.25, 0.3) is 0 Å². The van der Waals surface area contributed by atoms with Gasteiger partial charge in [-0.3, -0.25) is 4.98 Å². The van der Waals surface area contributed by atoms with Gasteiger partial charge in [0.15, 0.2) is 0 Å². The minimum atomic E-state index is -0.995. The quantitative estimate of drug-likeness (QED) is 0.867. The van der Waals surface area contributed by atoms with Gasteiger partial charge < -0.3 is 9.84 Å². The average molecular weight is 268 g/mol. The van der Waals surface area contributed by atoms with E-state index in [2.05, 4.69) is 9.83 Å². The molecule has 100 valence electrons. The lowest BCUT2D eigenvalue weighted by molar-refractivity contribution is 0.0696. The van der Waals surface area contributed by atoms with Gasteiger partial charge in [0.2, 0.25) is 5.69 Å². The third-order valence-electron chi connectivity index (χ3n) is 2.93. The number of nitrogens with zero attached hydrogens (tertiary/aromatic N) is 2. The molecule has 0 atom stereocenters. The molecule has 2 rings (SSSR count). The maximum absolute atomic E-state index is 11.1. The number of hydrogen-bond donors (Lipinski definition) is 1. The van der Waals surface area contributed by atoms with E-state index < -0.39 is 5.97 Å². The first-order chi connectivity index (χ1) is 9.56. The molecule has 0 aliphatic heterocycles. The summed E-state index contributed by atoms with van der Waals surface area (Å²) >= 11 is 0. The van der Waals surface area contributed by atoms with Gasteiger partial charge in [-0.25, -0.2) is 9.64 Å². The molecular formula is C15H12N2O3. The summed E-state index contributed by atoms with van der Waals surface area (Å²) in [5.41, 5.74) is 2.36. The van der Waals surface area contributed by atoms with Crippen LogP contribution in [0.5, 0.6) is 5.75 Å². The van der Waals surface area contributed by atoms with E-state index in [1.807, 2.05) is 0 Å². The molecular weight excluding hydrogens is 256 g/mol. The Morgan fingerprint density at radius 1 is 1.40 bits per heavy atom. The Kier molecular flexibility index (Phi) is 3.67. The molecule has 0 aliphatic rings. The largest absolute Gasteiger partial charge is 0.508 e. The zero-order valence-corrected chi connectivity index (χ0v) is 11.0. The van der Waals surface area contributed by atoms with Crippen molar-refractivity contribution in [2.24, 2.45) is 0 Å². The Labute approximate surface area is 116 Å². The van der Waals surface area contributed by atoms with Crippen molar-refractivity contribution < 1.29 is 14.6 Å². The number of benzene rings is 1. The summed E-state index contributed by atoms with van der Waals surface area (Å²) in [6.07, 6.45) is 1.51. The monoisotopic (exact) mass is 268 g/mol. The van der Waals surface area contributed by atoms with E-state index in [1.165, 1.54) is 19.4 Å². The maximum Gasteiger partial charge on any atom is 0.336 e. The van der Waals surface area contributed by atoms with Crippen molar-refractivity contribution in [2.45, 2.75) is 6.92 Å². The molecule has 1 aromatic carbocycles. The zero-order valence-electron chi connectivity index (χ0n) is 11.0. The second-order valence-electron chi connectivity index (χ2n) is 4.19. The highest BCUT2D eigenvalue weighted by atomic mass is 16.5. The van der Waals surface area contributed by atoms with Gasteiger partial charge in [0.05, 0.1) is 24.9 Å². The maximum atomic E-state index is 11.1. The van der Waals surface area contributed by atoms with Crippen LogP contribution in [-0.2, 0) is 0 Å². The standard InChI is InChI=1S/C15H12N2O3/c1-9-8-17-12(7-11(9)15(18)19)10-4-5-14(20-3)13(6-10)16-2/h4-8H,1,3H3,(H,18,19). The van der Waals surface area contributed by atoms with Crippen LogP contribution in [0.15, 0.2) is 30.5 Å². The first kappa shape index (κ1) is 13.6. The molecule has 0 radical (unpaired) electrons. The van der Waals surface area contributed by atoms with E-state index >= 15 is 0 Å². The van der Waals surface area contributed by atoms with Crippen LogP contribution in [0.3, 0.4) is 0 Å². The van der Waals surface area contributed by atoms with E-state index in [-0.39, 0.29) is 5.56 Å². The van der Waals surface area contributed by atoms with E-state index in [9.17, 15) is 4.79 Å². The van der Waals surface area contributed by atoms with Crippen LogP contribution < -0.4 is 4.74 Å². The summed E-state index contributed by atoms with van der Waals surface area (Å²) in [4.78, 5) is 18.7. The third kappa shape index (κ3) is 2.45. The molecule has 0 spiro atoms. The number of carboxylic acids is 1. The highest BCUT2D eigenvalue weighted by Gasteiger charge is 2.11. The van der Waals surface area contributed by atoms with Crippen LogP contribution in [0.2, 0.25) is 0 Å². The second-order valence-corrected chi connectivity index (χ2v) is 4.19. The average Bonchev–Trinajstić information content (AvgIpc) is 2.46. The minimum Gasteiger partial charge on any atom is -0.508 e. The first-order valence-electron chi connectivity index (χ1n) is 5.82. The summed E-state index contributed by atoms with van der Waals surface area (Å²) in [7, 11) is 1.50. The van der Waals surface area contributed by atoms with Crippen molar-refractivity contribution in [3.05, 3.63) is 53.0 Å². The summed E-state index contributed by atoms with van der Waals surface area (Å²) in [5, 5.41) is 9.12. The van der Waals surface area contributed by atoms with Crippen LogP contribution in [0.1, 0.15) is 15.9 Å². The molecule has 5 nitrogen and oxygen atoms in total. The molecule has 2 aromatic rings. The molecule has 0 saturated heterocycles. The molecule has 0 aliphatic carbocycles. The summed E-state index contributed by atoms with van der Waals surface area (Å²) in [6.45, 7) is 8.82. The van der Waals surface area contributed by atoms with Gasteiger partial charge >= 0.3 is 5.97 Å². The Morgan fingerprint density at radius 3 is 2.75 bits per heavy atom. The van der Waals surface area contributed by atoms with Crippen LogP contribution in [0, 0.1) is 13.5 Å². The molecule has 0 saturated carbocycles. The number of carbonyl (C=O) groups is 1. The number of rotatable bonds is 3. The lowest BCUT2D eigenvalue weighted by Gasteiger charge is -2.07. The number of pyridine rings is 1. The Balaban J connectivity index is 2.55. The predicted molar refractivity (Wildman–Crippen MR) is 74.2 cm³/mol. The highest BCUT2D eigenvalue weighted by molar-refractivity contribution is 5.90. The number of methoxy groups -OCH3 is 1. The number of aromatic nitrogens is 1. The van der Waals surface area contributed by atoms with Crippen LogP contribution in [0.4, 0.5) is 5.69 Å². The number of ether oxygens (including phenoxy) is 1. The van der Waals surface area contributed by atoms with Crippen molar-refractivity contribution in [2.75, 3.05) is 7.11 Å². The van der Waals surface area contributed by atoms with Crippen LogP contribution >= 0.6 is 0 Å². The molecule has 5 heteroatoms. The molecule has 0 fully saturated rings. The Bertz CT molecular complexity index is 718. The fourth-order valence-electron chi connectivity index (χ4n) is 1.85. The van der Waals surface area contributed by atoms with Crippen LogP contribution in [-0.4, -0.2) is 23.2 Å². The lowest BCUT2D eigenvalue weighted by atomic mass is 10.1. The van der Waals surface area contributed by atoms with Gasteiger partial charge in [0.1, 0.15) is 5.75 Å². The topological polar surface area (TPSA) is 63.8 Å². The minimum absolute atomic E-state index is 0.204. The van der Waals surface area contributed by atoms with E-state index in [0.29, 0.717) is 28.3 Å². The van der Waals surface area contributed by atoms with Gasteiger partial charge in [0, 0.05) is 6.20 Å². The van der Waals surface area contributed by atoms with Crippen molar-refractivity contribution in [1.29, 1.82) is 0 Å². The first-order valence-corrected chi connectivity index (χ1v) is 5.82. The summed E-state index contributed by atoms with van der Waals surface area (Å²) in [5.74, 6) is -0.514. The van der Waals surface area contributed by atoms with Crippen molar-refractivity contribution >= 4 is 11.7 Å². The Morgan fingerprint density at radius 2 is 2.15 bits per heavy atom. The number of aryl methyl sites for hydroxylation is 1. The molecule has 1 aromatic heterocycles. The van der Waals surface area contributed by atoms with Crippen molar-refractivity contribution in [3.63, 3.8) is 0 Å². The molecule has 20 heavy (non-hydrogen) atoms. The summed E-state index contributed by atoms with van der Waals surface area (Å²) < 4.78 is 5.08. The highest BCUT2D eigenvalue weighted by Crippen LogP contribution is 2.32. The Hall–Kier alpha value is -2.87. The molecule has 0 amide bonds. The van der Waals surface area contributed by atoms with E-state index in [0.717, 1.165) is 0 Å². The molecule has 0 bridgehead atoms. The van der Waals surface area contributed by atoms with E-state index in [1.54, 1.807) is 25.1 Å². The van der Waals surface area contributed by atoms with E-state index in [4.69, 9.17) is 16.4 Å². The second kappa shape index (κ2) is 5.41. The molecule has 1 heterocycles. The SMILES string of the molecule is [C-]#[N+]c1cc(-c2cc(C(=O)O)c(C)cn2)ccc1OC. The van der Waals surface area contributed by atoms with Gasteiger partial charge in [-0.1, -0.05) is 6.07 Å². The van der Waals surface area contributed by atoms with Crippen molar-refractivity contribution in [3.8, 4) is 17.0 Å². The number of aromatic carboxylic acids is 1. The van der Waals surface area contributed by atoms with Gasteiger partial charge in [-0.2, -0.15) is 0 Å². The molecule has 1 N–H and O–H groups in total. The molecule has 0 unspecified atom stereocenters. The fourth-order valence-corrected chi connectivity index (χ4v) is 1.85. The van der Waals surface area contributed by atoms with Crippen LogP contribution in [0.25, 0.3) is 16.1 Å². The number of hydrogen-bond acceptors (Lipinski definition) is 3. The lowest BCUT2D eigenvalue weighted by Crippen LogP contribution is -2.01.